The largest absolute Gasteiger partial charge is 0.317 e. The van der Waals surface area contributed by atoms with Crippen molar-refractivity contribution in [1.29, 1.82) is 0 Å². The standard InChI is InChI=1S/C13H27N/c1-4-11(2)9-12-7-5-6-8-13(10-12)14-3/h11-14H,4-10H2,1-3H3. The van der Waals surface area contributed by atoms with Gasteiger partial charge in [-0.15, -0.1) is 0 Å². The summed E-state index contributed by atoms with van der Waals surface area (Å²) in [5, 5.41) is 3.47. The van der Waals surface area contributed by atoms with E-state index in [9.17, 15) is 0 Å². The van der Waals surface area contributed by atoms with E-state index in [4.69, 9.17) is 0 Å². The van der Waals surface area contributed by atoms with Crippen molar-refractivity contribution in [1.82, 2.24) is 5.32 Å². The summed E-state index contributed by atoms with van der Waals surface area (Å²) in [6.45, 7) is 4.72. The summed E-state index contributed by atoms with van der Waals surface area (Å²) >= 11 is 0. The Morgan fingerprint density at radius 3 is 2.64 bits per heavy atom. The van der Waals surface area contributed by atoms with Crippen molar-refractivity contribution in [2.75, 3.05) is 7.05 Å². The van der Waals surface area contributed by atoms with Crippen LogP contribution in [0.1, 0.15) is 58.8 Å². The summed E-state index contributed by atoms with van der Waals surface area (Å²) in [6, 6.07) is 0.798. The summed E-state index contributed by atoms with van der Waals surface area (Å²) in [4.78, 5) is 0. The molecule has 0 spiro atoms. The van der Waals surface area contributed by atoms with Crippen LogP contribution in [-0.2, 0) is 0 Å². The quantitative estimate of drug-likeness (QED) is 0.679. The molecule has 1 nitrogen and oxygen atoms in total. The molecule has 3 atom stereocenters. The normalized spacial score (nSPS) is 31.1. The molecule has 0 aromatic carbocycles. The molecule has 0 aliphatic heterocycles. The van der Waals surface area contributed by atoms with Gasteiger partial charge < -0.3 is 5.32 Å². The number of nitrogens with one attached hydrogen (secondary N) is 1. The summed E-state index contributed by atoms with van der Waals surface area (Å²) in [7, 11) is 2.12. The lowest BCUT2D eigenvalue weighted by Crippen LogP contribution is -2.26. The highest BCUT2D eigenvalue weighted by atomic mass is 14.9. The van der Waals surface area contributed by atoms with Gasteiger partial charge >= 0.3 is 0 Å². The predicted molar refractivity (Wildman–Crippen MR) is 63.5 cm³/mol. The van der Waals surface area contributed by atoms with Crippen LogP contribution >= 0.6 is 0 Å². The fraction of sp³-hybridized carbons (Fsp3) is 1.00. The Morgan fingerprint density at radius 1 is 1.29 bits per heavy atom. The maximum absolute atomic E-state index is 3.47. The molecule has 84 valence electrons. The van der Waals surface area contributed by atoms with Gasteiger partial charge in [0.15, 0.2) is 0 Å². The lowest BCUT2D eigenvalue weighted by atomic mass is 9.88. The van der Waals surface area contributed by atoms with E-state index in [0.717, 1.165) is 17.9 Å². The van der Waals surface area contributed by atoms with Crippen LogP contribution in [-0.4, -0.2) is 13.1 Å². The third kappa shape index (κ3) is 4.00. The maximum Gasteiger partial charge on any atom is 0.00667 e. The minimum atomic E-state index is 0.798. The molecule has 1 N–H and O–H groups in total. The van der Waals surface area contributed by atoms with E-state index in [2.05, 4.69) is 26.2 Å². The van der Waals surface area contributed by atoms with E-state index in [0.29, 0.717) is 0 Å². The van der Waals surface area contributed by atoms with E-state index in [1.54, 1.807) is 0 Å². The zero-order valence-electron chi connectivity index (χ0n) is 10.2. The molecule has 0 heterocycles. The van der Waals surface area contributed by atoms with Gasteiger partial charge in [-0.25, -0.2) is 0 Å². The Balaban J connectivity index is 2.34. The predicted octanol–water partition coefficient (Wildman–Crippen LogP) is 3.59. The highest BCUT2D eigenvalue weighted by Crippen LogP contribution is 2.29. The zero-order valence-corrected chi connectivity index (χ0v) is 10.2. The molecule has 1 heteroatoms. The first kappa shape index (κ1) is 12.0. The number of hydrogen-bond acceptors (Lipinski definition) is 1. The van der Waals surface area contributed by atoms with Crippen LogP contribution in [0.5, 0.6) is 0 Å². The molecule has 1 aliphatic rings. The minimum Gasteiger partial charge on any atom is -0.317 e. The van der Waals surface area contributed by atoms with Crippen LogP contribution in [0.3, 0.4) is 0 Å². The molecule has 0 aromatic rings. The van der Waals surface area contributed by atoms with Gasteiger partial charge in [-0.05, 0) is 38.1 Å². The van der Waals surface area contributed by atoms with Crippen molar-refractivity contribution in [2.45, 2.75) is 64.8 Å². The average Bonchev–Trinajstić information content (AvgIpc) is 2.42. The fourth-order valence-corrected chi connectivity index (χ4v) is 2.67. The average molecular weight is 197 g/mol. The van der Waals surface area contributed by atoms with Crippen LogP contribution in [0, 0.1) is 11.8 Å². The maximum atomic E-state index is 3.47. The summed E-state index contributed by atoms with van der Waals surface area (Å²) in [6.07, 6.45) is 9.98. The van der Waals surface area contributed by atoms with Gasteiger partial charge in [0, 0.05) is 6.04 Å². The van der Waals surface area contributed by atoms with Crippen LogP contribution < -0.4 is 5.32 Å². The molecule has 3 unspecified atom stereocenters. The molecule has 0 amide bonds. The van der Waals surface area contributed by atoms with Gasteiger partial charge in [0.1, 0.15) is 0 Å². The molecule has 0 bridgehead atoms. The van der Waals surface area contributed by atoms with E-state index in [1.165, 1.54) is 44.9 Å². The molecular formula is C13H27N. The van der Waals surface area contributed by atoms with Crippen molar-refractivity contribution in [3.05, 3.63) is 0 Å². The van der Waals surface area contributed by atoms with E-state index in [-0.39, 0.29) is 0 Å². The second-order valence-corrected chi connectivity index (χ2v) is 5.12. The molecular weight excluding hydrogens is 170 g/mol. The first-order chi connectivity index (χ1) is 6.76. The third-order valence-corrected chi connectivity index (χ3v) is 3.87. The SMILES string of the molecule is CCC(C)CC1CCCCC(NC)C1. The van der Waals surface area contributed by atoms with E-state index >= 15 is 0 Å². The second-order valence-electron chi connectivity index (χ2n) is 5.12. The van der Waals surface area contributed by atoms with Crippen LogP contribution in [0.4, 0.5) is 0 Å². The summed E-state index contributed by atoms with van der Waals surface area (Å²) < 4.78 is 0. The smallest absolute Gasteiger partial charge is 0.00667 e. The van der Waals surface area contributed by atoms with Gasteiger partial charge in [-0.3, -0.25) is 0 Å². The van der Waals surface area contributed by atoms with Gasteiger partial charge in [-0.1, -0.05) is 39.5 Å². The van der Waals surface area contributed by atoms with E-state index in [1.807, 2.05) is 0 Å². The fourth-order valence-electron chi connectivity index (χ4n) is 2.67. The monoisotopic (exact) mass is 197 g/mol. The summed E-state index contributed by atoms with van der Waals surface area (Å²) in [5.41, 5.74) is 0. The molecule has 1 saturated carbocycles. The highest BCUT2D eigenvalue weighted by Gasteiger charge is 2.20. The van der Waals surface area contributed by atoms with Gasteiger partial charge in [-0.2, -0.15) is 0 Å². The molecule has 0 saturated heterocycles. The number of hydrogen-bond donors (Lipinski definition) is 1. The van der Waals surface area contributed by atoms with Crippen molar-refractivity contribution in [3.63, 3.8) is 0 Å². The van der Waals surface area contributed by atoms with Gasteiger partial charge in [0.05, 0.1) is 0 Å². The van der Waals surface area contributed by atoms with Crippen LogP contribution in [0.25, 0.3) is 0 Å². The molecule has 1 fully saturated rings. The lowest BCUT2D eigenvalue weighted by molar-refractivity contribution is 0.325. The van der Waals surface area contributed by atoms with Crippen molar-refractivity contribution >= 4 is 0 Å². The van der Waals surface area contributed by atoms with E-state index < -0.39 is 0 Å². The summed E-state index contributed by atoms with van der Waals surface area (Å²) in [5.74, 6) is 1.92. The first-order valence-electron chi connectivity index (χ1n) is 6.43. The topological polar surface area (TPSA) is 12.0 Å². The minimum absolute atomic E-state index is 0.798. The van der Waals surface area contributed by atoms with Crippen LogP contribution in [0.15, 0.2) is 0 Å². The zero-order chi connectivity index (χ0) is 10.4. The molecule has 1 aliphatic carbocycles. The first-order valence-corrected chi connectivity index (χ1v) is 6.43. The molecule has 0 radical (unpaired) electrons. The van der Waals surface area contributed by atoms with Gasteiger partial charge in [0.25, 0.3) is 0 Å². The Bertz CT molecular complexity index is 144. The Kier molecular flexibility index (Phi) is 5.54. The van der Waals surface area contributed by atoms with Crippen molar-refractivity contribution < 1.29 is 0 Å². The second kappa shape index (κ2) is 6.44. The van der Waals surface area contributed by atoms with Crippen molar-refractivity contribution in [2.24, 2.45) is 11.8 Å². The Labute approximate surface area is 89.7 Å². The van der Waals surface area contributed by atoms with Crippen LogP contribution in [0.2, 0.25) is 0 Å². The third-order valence-electron chi connectivity index (χ3n) is 3.87. The highest BCUT2D eigenvalue weighted by molar-refractivity contribution is 4.76. The molecule has 1 rings (SSSR count). The van der Waals surface area contributed by atoms with Crippen molar-refractivity contribution in [3.8, 4) is 0 Å². The number of rotatable bonds is 4. The Hall–Kier alpha value is -0.0400. The molecule has 14 heavy (non-hydrogen) atoms. The molecule has 0 aromatic heterocycles. The lowest BCUT2D eigenvalue weighted by Gasteiger charge is -2.22. The van der Waals surface area contributed by atoms with Gasteiger partial charge in [0.2, 0.25) is 0 Å². The Morgan fingerprint density at radius 2 is 2.00 bits per heavy atom.